The van der Waals surface area contributed by atoms with E-state index in [-0.39, 0.29) is 12.3 Å². The minimum atomic E-state index is -3.39. The predicted octanol–water partition coefficient (Wildman–Crippen LogP) is -1.19. The molecule has 6 nitrogen and oxygen atoms in total. The first kappa shape index (κ1) is 14.3. The molecule has 3 N–H and O–H groups in total. The normalized spacial score (nSPS) is 12.5. The molecule has 0 saturated heterocycles. The molecule has 0 unspecified atom stereocenters. The molecule has 7 heteroatoms. The van der Waals surface area contributed by atoms with Crippen LogP contribution in [0.25, 0.3) is 0 Å². The Bertz CT molecular complexity index is 305. The summed E-state index contributed by atoms with van der Waals surface area (Å²) in [5.74, 6) is -0.781. The molecule has 0 heterocycles. The van der Waals surface area contributed by atoms with Gasteiger partial charge in [-0.1, -0.05) is 0 Å². The molecule has 0 aromatic carbocycles. The van der Waals surface area contributed by atoms with Gasteiger partial charge < -0.3 is 10.4 Å². The van der Waals surface area contributed by atoms with E-state index in [1.165, 1.54) is 0 Å². The number of nitrogens with one attached hydrogen (secondary N) is 2. The molecule has 0 rings (SSSR count). The number of sulfonamides is 1. The lowest BCUT2D eigenvalue weighted by atomic mass is 10.1. The van der Waals surface area contributed by atoms with Gasteiger partial charge in [-0.05, 0) is 20.8 Å². The van der Waals surface area contributed by atoms with Gasteiger partial charge in [-0.3, -0.25) is 4.79 Å². The van der Waals surface area contributed by atoms with Crippen molar-refractivity contribution in [2.45, 2.75) is 26.3 Å². The predicted molar refractivity (Wildman–Crippen MR) is 56.8 cm³/mol. The maximum Gasteiger partial charge on any atom is 0.245 e. The van der Waals surface area contributed by atoms with Crippen LogP contribution in [0.4, 0.5) is 0 Å². The maximum atomic E-state index is 11.4. The van der Waals surface area contributed by atoms with Crippen molar-refractivity contribution in [3.05, 3.63) is 0 Å². The molecule has 0 fully saturated rings. The second-order valence-electron chi connectivity index (χ2n) is 4.18. The number of hydrogen-bond donors (Lipinski definition) is 3. The van der Waals surface area contributed by atoms with Gasteiger partial charge in [0.1, 0.15) is 6.61 Å². The van der Waals surface area contributed by atoms with Crippen molar-refractivity contribution in [1.82, 2.24) is 10.0 Å². The molecule has 0 aliphatic heterocycles. The summed E-state index contributed by atoms with van der Waals surface area (Å²) in [5.41, 5.74) is -0.528. The van der Waals surface area contributed by atoms with Crippen LogP contribution in [0, 0.1) is 0 Å². The molecular weight excluding hydrogens is 220 g/mol. The lowest BCUT2D eigenvalue weighted by Gasteiger charge is -2.20. The Kier molecular flexibility index (Phi) is 5.19. The minimum Gasteiger partial charge on any atom is -0.387 e. The zero-order valence-electron chi connectivity index (χ0n) is 9.20. The second kappa shape index (κ2) is 5.43. The molecule has 0 aromatic heterocycles. The molecule has 0 aliphatic rings. The van der Waals surface area contributed by atoms with Gasteiger partial charge in [0, 0.05) is 12.1 Å². The fourth-order valence-corrected chi connectivity index (χ4v) is 2.30. The highest BCUT2D eigenvalue weighted by molar-refractivity contribution is 7.89. The van der Waals surface area contributed by atoms with Crippen molar-refractivity contribution in [1.29, 1.82) is 0 Å². The average molecular weight is 238 g/mol. The first-order valence-electron chi connectivity index (χ1n) is 4.55. The number of amides is 1. The quantitative estimate of drug-likeness (QED) is 0.561. The standard InChI is InChI=1S/C8H18N2O4S/c1-8(2,3)10-15(13,14)5-4-9-7(12)6-11/h10-11H,4-6H2,1-3H3,(H,9,12). The maximum absolute atomic E-state index is 11.4. The van der Waals surface area contributed by atoms with E-state index in [0.29, 0.717) is 0 Å². The van der Waals surface area contributed by atoms with Crippen molar-refractivity contribution >= 4 is 15.9 Å². The fraction of sp³-hybridized carbons (Fsp3) is 0.875. The monoisotopic (exact) mass is 238 g/mol. The first-order chi connectivity index (χ1) is 6.66. The first-order valence-corrected chi connectivity index (χ1v) is 6.21. The van der Waals surface area contributed by atoms with E-state index in [9.17, 15) is 13.2 Å². The SMILES string of the molecule is CC(C)(C)NS(=O)(=O)CCNC(=O)CO. The van der Waals surface area contributed by atoms with Crippen LogP contribution in [0.1, 0.15) is 20.8 Å². The summed E-state index contributed by atoms with van der Waals surface area (Å²) in [6.45, 7) is 4.56. The number of aliphatic hydroxyl groups excluding tert-OH is 1. The van der Waals surface area contributed by atoms with Crippen LogP contribution >= 0.6 is 0 Å². The summed E-state index contributed by atoms with van der Waals surface area (Å²) in [4.78, 5) is 10.6. The highest BCUT2D eigenvalue weighted by Crippen LogP contribution is 2.01. The lowest BCUT2D eigenvalue weighted by molar-refractivity contribution is -0.123. The van der Waals surface area contributed by atoms with E-state index in [0.717, 1.165) is 0 Å². The highest BCUT2D eigenvalue weighted by Gasteiger charge is 2.19. The van der Waals surface area contributed by atoms with E-state index < -0.39 is 28.1 Å². The molecule has 90 valence electrons. The molecule has 0 saturated carbocycles. The summed E-state index contributed by atoms with van der Waals surface area (Å²) in [7, 11) is -3.39. The number of aliphatic hydroxyl groups is 1. The van der Waals surface area contributed by atoms with Crippen LogP contribution < -0.4 is 10.0 Å². The van der Waals surface area contributed by atoms with Crippen LogP contribution in [0.15, 0.2) is 0 Å². The second-order valence-corrected chi connectivity index (χ2v) is 6.02. The molecule has 0 aromatic rings. The van der Waals surface area contributed by atoms with Gasteiger partial charge in [-0.15, -0.1) is 0 Å². The van der Waals surface area contributed by atoms with Crippen LogP contribution in [0.5, 0.6) is 0 Å². The van der Waals surface area contributed by atoms with Gasteiger partial charge in [-0.2, -0.15) is 0 Å². The summed E-state index contributed by atoms with van der Waals surface area (Å²) < 4.78 is 25.2. The Balaban J connectivity index is 4.01. The number of carbonyl (C=O) groups is 1. The van der Waals surface area contributed by atoms with Gasteiger partial charge in [0.2, 0.25) is 15.9 Å². The fourth-order valence-electron chi connectivity index (χ4n) is 0.898. The molecule has 0 bridgehead atoms. The number of rotatable bonds is 5. The van der Waals surface area contributed by atoms with Gasteiger partial charge in [-0.25, -0.2) is 13.1 Å². The smallest absolute Gasteiger partial charge is 0.245 e. The van der Waals surface area contributed by atoms with Gasteiger partial charge in [0.15, 0.2) is 0 Å². The van der Waals surface area contributed by atoms with E-state index in [1.54, 1.807) is 20.8 Å². The Labute approximate surface area is 90.1 Å². The van der Waals surface area contributed by atoms with Gasteiger partial charge in [0.25, 0.3) is 0 Å². The summed E-state index contributed by atoms with van der Waals surface area (Å²) >= 11 is 0. The summed E-state index contributed by atoms with van der Waals surface area (Å²) in [6, 6.07) is 0. The highest BCUT2D eigenvalue weighted by atomic mass is 32.2. The summed E-state index contributed by atoms with van der Waals surface area (Å²) in [6.07, 6.45) is 0. The Morgan fingerprint density at radius 3 is 2.27 bits per heavy atom. The Hall–Kier alpha value is -0.660. The molecule has 0 atom stereocenters. The van der Waals surface area contributed by atoms with E-state index in [1.807, 2.05) is 0 Å². The third kappa shape index (κ3) is 8.34. The van der Waals surface area contributed by atoms with Crippen molar-refractivity contribution in [2.24, 2.45) is 0 Å². The van der Waals surface area contributed by atoms with Crippen LogP contribution in [0.2, 0.25) is 0 Å². The molecular formula is C8H18N2O4S. The van der Waals surface area contributed by atoms with Crippen molar-refractivity contribution < 1.29 is 18.3 Å². The summed E-state index contributed by atoms with van der Waals surface area (Å²) in [5, 5.41) is 10.6. The number of hydrogen-bond acceptors (Lipinski definition) is 4. The van der Waals surface area contributed by atoms with Crippen LogP contribution in [0.3, 0.4) is 0 Å². The third-order valence-electron chi connectivity index (χ3n) is 1.30. The van der Waals surface area contributed by atoms with Gasteiger partial charge in [0.05, 0.1) is 5.75 Å². The number of carbonyl (C=O) groups excluding carboxylic acids is 1. The molecule has 0 spiro atoms. The zero-order valence-corrected chi connectivity index (χ0v) is 10.0. The molecule has 15 heavy (non-hydrogen) atoms. The Morgan fingerprint density at radius 2 is 1.87 bits per heavy atom. The largest absolute Gasteiger partial charge is 0.387 e. The van der Waals surface area contributed by atoms with E-state index >= 15 is 0 Å². The van der Waals surface area contributed by atoms with E-state index in [2.05, 4.69) is 10.0 Å². The molecule has 0 radical (unpaired) electrons. The van der Waals surface area contributed by atoms with Gasteiger partial charge >= 0.3 is 0 Å². The zero-order chi connectivity index (χ0) is 12.1. The lowest BCUT2D eigenvalue weighted by Crippen LogP contribution is -2.44. The van der Waals surface area contributed by atoms with Crippen LogP contribution in [-0.4, -0.2) is 43.9 Å². The molecule has 0 aliphatic carbocycles. The minimum absolute atomic E-state index is 0.00912. The van der Waals surface area contributed by atoms with Crippen LogP contribution in [-0.2, 0) is 14.8 Å². The van der Waals surface area contributed by atoms with E-state index in [4.69, 9.17) is 5.11 Å². The molecule has 1 amide bonds. The van der Waals surface area contributed by atoms with Crippen molar-refractivity contribution in [3.63, 3.8) is 0 Å². The Morgan fingerprint density at radius 1 is 1.33 bits per heavy atom. The topological polar surface area (TPSA) is 95.5 Å². The van der Waals surface area contributed by atoms with Crippen molar-refractivity contribution in [3.8, 4) is 0 Å². The van der Waals surface area contributed by atoms with Crippen molar-refractivity contribution in [2.75, 3.05) is 18.9 Å². The third-order valence-corrected chi connectivity index (χ3v) is 2.96. The average Bonchev–Trinajstić information content (AvgIpc) is 1.98.